The number of hydrogen-bond donors (Lipinski definition) is 1. The molecule has 0 aromatic heterocycles. The Hall–Kier alpha value is -0.660. The van der Waals surface area contributed by atoms with Gasteiger partial charge in [0.2, 0.25) is 0 Å². The van der Waals surface area contributed by atoms with Crippen LogP contribution in [0.1, 0.15) is 13.8 Å². The average molecular weight is 388 g/mol. The van der Waals surface area contributed by atoms with E-state index in [4.69, 9.17) is 14.2 Å². The van der Waals surface area contributed by atoms with Crippen LogP contribution in [0.15, 0.2) is 28.7 Å². The van der Waals surface area contributed by atoms with Crippen molar-refractivity contribution in [2.24, 2.45) is 0 Å². The number of aliphatic hydroxyl groups is 1. The topological polar surface area (TPSA) is 51.2 Å². The zero-order chi connectivity index (χ0) is 16.7. The highest BCUT2D eigenvalue weighted by Gasteiger charge is 2.23. The summed E-state index contributed by atoms with van der Waals surface area (Å²) in [6.45, 7) is 7.67. The predicted molar refractivity (Wildman–Crippen MR) is 92.9 cm³/mol. The van der Waals surface area contributed by atoms with Gasteiger partial charge in [-0.3, -0.25) is 4.90 Å². The summed E-state index contributed by atoms with van der Waals surface area (Å²) in [5.74, 6) is 0.799. The van der Waals surface area contributed by atoms with E-state index in [9.17, 15) is 5.11 Å². The molecule has 0 amide bonds. The third kappa shape index (κ3) is 6.77. The summed E-state index contributed by atoms with van der Waals surface area (Å²) >= 11 is 3.43. The number of morpholine rings is 1. The van der Waals surface area contributed by atoms with Crippen LogP contribution in [0.25, 0.3) is 0 Å². The van der Waals surface area contributed by atoms with Crippen molar-refractivity contribution >= 4 is 15.9 Å². The van der Waals surface area contributed by atoms with Crippen LogP contribution in [0.5, 0.6) is 5.75 Å². The molecule has 0 saturated carbocycles. The minimum atomic E-state index is -0.490. The molecule has 0 unspecified atom stereocenters. The van der Waals surface area contributed by atoms with E-state index in [1.807, 2.05) is 24.3 Å². The summed E-state index contributed by atoms with van der Waals surface area (Å²) in [5.41, 5.74) is 0. The van der Waals surface area contributed by atoms with E-state index < -0.39 is 6.10 Å². The molecular formula is C17H26BrNO4. The lowest BCUT2D eigenvalue weighted by Gasteiger charge is -2.36. The maximum absolute atomic E-state index is 10.1. The summed E-state index contributed by atoms with van der Waals surface area (Å²) in [5, 5.41) is 10.1. The van der Waals surface area contributed by atoms with Crippen molar-refractivity contribution in [1.29, 1.82) is 0 Å². The SMILES string of the molecule is C[C@@H]1CN(C[C@@H](O)COCCOc2ccccc2Br)C[C@@H](C)O1. The van der Waals surface area contributed by atoms with Crippen molar-refractivity contribution in [1.82, 2.24) is 4.90 Å². The highest BCUT2D eigenvalue weighted by Crippen LogP contribution is 2.23. The van der Waals surface area contributed by atoms with Gasteiger partial charge in [0.05, 0.1) is 36.0 Å². The van der Waals surface area contributed by atoms with Gasteiger partial charge in [-0.1, -0.05) is 12.1 Å². The van der Waals surface area contributed by atoms with Gasteiger partial charge < -0.3 is 19.3 Å². The lowest BCUT2D eigenvalue weighted by atomic mass is 10.2. The number of nitrogens with zero attached hydrogens (tertiary/aromatic N) is 1. The molecule has 1 aromatic rings. The van der Waals surface area contributed by atoms with Crippen LogP contribution >= 0.6 is 15.9 Å². The lowest BCUT2D eigenvalue weighted by Crippen LogP contribution is -2.48. The Labute approximate surface area is 146 Å². The third-order valence-corrected chi connectivity index (χ3v) is 4.25. The van der Waals surface area contributed by atoms with Gasteiger partial charge in [0.25, 0.3) is 0 Å². The standard InChI is InChI=1S/C17H26BrNO4/c1-13-9-19(10-14(2)23-13)11-15(20)12-21-7-8-22-17-6-4-3-5-16(17)18/h3-6,13-15,20H,7-12H2,1-2H3/t13-,14-,15-/m1/s1. The van der Waals surface area contributed by atoms with E-state index in [-0.39, 0.29) is 12.2 Å². The van der Waals surface area contributed by atoms with Gasteiger partial charge in [-0.15, -0.1) is 0 Å². The number of halogens is 1. The van der Waals surface area contributed by atoms with Crippen molar-refractivity contribution in [2.75, 3.05) is 39.5 Å². The van der Waals surface area contributed by atoms with Crippen LogP contribution < -0.4 is 4.74 Å². The molecule has 0 bridgehead atoms. The van der Waals surface area contributed by atoms with Crippen molar-refractivity contribution < 1.29 is 19.3 Å². The van der Waals surface area contributed by atoms with E-state index in [0.717, 1.165) is 23.3 Å². The van der Waals surface area contributed by atoms with Gasteiger partial charge in [-0.05, 0) is 41.9 Å². The first-order valence-corrected chi connectivity index (χ1v) is 8.85. The van der Waals surface area contributed by atoms with Crippen molar-refractivity contribution in [3.8, 4) is 5.75 Å². The van der Waals surface area contributed by atoms with E-state index >= 15 is 0 Å². The summed E-state index contributed by atoms with van der Waals surface area (Å²) in [6.07, 6.45) is -0.0647. The Morgan fingerprint density at radius 1 is 1.26 bits per heavy atom. The van der Waals surface area contributed by atoms with Gasteiger partial charge >= 0.3 is 0 Å². The summed E-state index contributed by atoms with van der Waals surface area (Å²) < 4.78 is 17.7. The highest BCUT2D eigenvalue weighted by molar-refractivity contribution is 9.10. The van der Waals surface area contributed by atoms with Crippen LogP contribution in [0.4, 0.5) is 0 Å². The van der Waals surface area contributed by atoms with Gasteiger partial charge in [0.15, 0.2) is 0 Å². The number of benzene rings is 1. The Bertz CT molecular complexity index is 464. The molecule has 3 atom stereocenters. The molecule has 1 fully saturated rings. The summed E-state index contributed by atoms with van der Waals surface area (Å²) in [6, 6.07) is 7.70. The molecule has 1 N–H and O–H groups in total. The highest BCUT2D eigenvalue weighted by atomic mass is 79.9. The van der Waals surface area contributed by atoms with Crippen LogP contribution in [0.2, 0.25) is 0 Å². The fourth-order valence-corrected chi connectivity index (χ4v) is 3.18. The number of hydrogen-bond acceptors (Lipinski definition) is 5. The quantitative estimate of drug-likeness (QED) is 0.693. The first-order chi connectivity index (χ1) is 11.0. The van der Waals surface area contributed by atoms with Gasteiger partial charge in [-0.2, -0.15) is 0 Å². The van der Waals surface area contributed by atoms with Gasteiger partial charge in [0, 0.05) is 19.6 Å². The molecule has 130 valence electrons. The molecule has 0 aliphatic carbocycles. The molecular weight excluding hydrogens is 362 g/mol. The molecule has 6 heteroatoms. The van der Waals surface area contributed by atoms with E-state index in [2.05, 4.69) is 34.7 Å². The molecule has 1 heterocycles. The lowest BCUT2D eigenvalue weighted by molar-refractivity contribution is -0.0824. The normalized spacial score (nSPS) is 23.7. The van der Waals surface area contributed by atoms with Crippen molar-refractivity contribution in [2.45, 2.75) is 32.2 Å². The van der Waals surface area contributed by atoms with Crippen LogP contribution in [-0.2, 0) is 9.47 Å². The third-order valence-electron chi connectivity index (χ3n) is 3.60. The molecule has 5 nitrogen and oxygen atoms in total. The molecule has 1 aromatic carbocycles. The summed E-state index contributed by atoms with van der Waals surface area (Å²) in [7, 11) is 0. The second-order valence-corrected chi connectivity index (χ2v) is 6.84. The maximum Gasteiger partial charge on any atom is 0.133 e. The first kappa shape index (κ1) is 18.7. The largest absolute Gasteiger partial charge is 0.490 e. The minimum absolute atomic E-state index is 0.213. The molecule has 0 radical (unpaired) electrons. The molecule has 2 rings (SSSR count). The van der Waals surface area contributed by atoms with E-state index in [1.165, 1.54) is 0 Å². The van der Waals surface area contributed by atoms with Gasteiger partial charge in [0.1, 0.15) is 12.4 Å². The Morgan fingerprint density at radius 3 is 2.65 bits per heavy atom. The van der Waals surface area contributed by atoms with Gasteiger partial charge in [-0.25, -0.2) is 0 Å². The fraction of sp³-hybridized carbons (Fsp3) is 0.647. The van der Waals surface area contributed by atoms with E-state index in [1.54, 1.807) is 0 Å². The predicted octanol–water partition coefficient (Wildman–Crippen LogP) is 2.31. The fourth-order valence-electron chi connectivity index (χ4n) is 2.78. The number of para-hydroxylation sites is 1. The molecule has 1 aliphatic rings. The Kier molecular flexibility index (Phi) is 7.79. The smallest absolute Gasteiger partial charge is 0.133 e. The summed E-state index contributed by atoms with van der Waals surface area (Å²) in [4.78, 5) is 2.23. The number of rotatable bonds is 8. The van der Waals surface area contributed by atoms with E-state index in [0.29, 0.717) is 26.4 Å². The number of aliphatic hydroxyl groups excluding tert-OH is 1. The zero-order valence-corrected chi connectivity index (χ0v) is 15.4. The Balaban J connectivity index is 1.58. The van der Waals surface area contributed by atoms with Crippen LogP contribution in [0.3, 0.4) is 0 Å². The minimum Gasteiger partial charge on any atom is -0.490 e. The Morgan fingerprint density at radius 2 is 1.96 bits per heavy atom. The van der Waals surface area contributed by atoms with Crippen LogP contribution in [-0.4, -0.2) is 67.8 Å². The average Bonchev–Trinajstić information content (AvgIpc) is 2.47. The number of ether oxygens (including phenoxy) is 3. The van der Waals surface area contributed by atoms with Crippen molar-refractivity contribution in [3.05, 3.63) is 28.7 Å². The first-order valence-electron chi connectivity index (χ1n) is 8.05. The molecule has 0 spiro atoms. The maximum atomic E-state index is 10.1. The number of β-amino-alcohol motifs (C(OH)–C–C–N with tert-alkyl or cyclic N) is 1. The van der Waals surface area contributed by atoms with Crippen molar-refractivity contribution in [3.63, 3.8) is 0 Å². The molecule has 1 saturated heterocycles. The second kappa shape index (κ2) is 9.59. The monoisotopic (exact) mass is 387 g/mol. The second-order valence-electron chi connectivity index (χ2n) is 5.98. The zero-order valence-electron chi connectivity index (χ0n) is 13.8. The van der Waals surface area contributed by atoms with Crippen LogP contribution in [0, 0.1) is 0 Å². The molecule has 1 aliphatic heterocycles. The molecule has 23 heavy (non-hydrogen) atoms.